The summed E-state index contributed by atoms with van der Waals surface area (Å²) in [5.41, 5.74) is 1.26. The minimum Gasteiger partial charge on any atom is -0.326 e. The number of nitrogens with zero attached hydrogens (tertiary/aromatic N) is 2. The zero-order chi connectivity index (χ0) is 11.4. The Labute approximate surface area is 100 Å². The Balaban J connectivity index is 2.15. The van der Waals surface area contributed by atoms with Crippen molar-refractivity contribution < 1.29 is 0 Å². The molecule has 1 N–H and O–H groups in total. The van der Waals surface area contributed by atoms with Crippen LogP contribution >= 0.6 is 11.3 Å². The van der Waals surface area contributed by atoms with Gasteiger partial charge in [0.15, 0.2) is 0 Å². The maximum Gasteiger partial charge on any atom is 0.106 e. The molecule has 0 saturated carbocycles. The van der Waals surface area contributed by atoms with Gasteiger partial charge >= 0.3 is 0 Å². The van der Waals surface area contributed by atoms with Crippen molar-refractivity contribution in [1.29, 1.82) is 0 Å². The molecule has 3 nitrogen and oxygen atoms in total. The Morgan fingerprint density at radius 2 is 2.38 bits per heavy atom. The first-order chi connectivity index (χ1) is 7.81. The highest BCUT2D eigenvalue weighted by atomic mass is 32.1. The Bertz CT molecular complexity index is 431. The maximum absolute atomic E-state index is 4.38. The van der Waals surface area contributed by atoms with Crippen LogP contribution in [0.2, 0.25) is 0 Å². The standard InChI is InChI=1S/C12H17N3S/c1-3-13-7-11-8-14-10(2)15(11)9-12-5-4-6-16-12/h4-6,8,13H,3,7,9H2,1-2H3. The van der Waals surface area contributed by atoms with Crippen LogP contribution in [0.25, 0.3) is 0 Å². The summed E-state index contributed by atoms with van der Waals surface area (Å²) < 4.78 is 2.27. The lowest BCUT2D eigenvalue weighted by atomic mass is 10.4. The van der Waals surface area contributed by atoms with Crippen LogP contribution in [0.15, 0.2) is 23.7 Å². The molecule has 0 amide bonds. The second kappa shape index (κ2) is 5.27. The Morgan fingerprint density at radius 1 is 1.50 bits per heavy atom. The van der Waals surface area contributed by atoms with E-state index in [1.54, 1.807) is 11.3 Å². The average molecular weight is 235 g/mol. The molecule has 0 aliphatic carbocycles. The highest BCUT2D eigenvalue weighted by Crippen LogP contribution is 2.14. The minimum absolute atomic E-state index is 0.892. The predicted octanol–water partition coefficient (Wildman–Crippen LogP) is 2.41. The van der Waals surface area contributed by atoms with Crippen LogP contribution in [0, 0.1) is 6.92 Å². The van der Waals surface area contributed by atoms with Gasteiger partial charge in [-0.05, 0) is 24.9 Å². The first-order valence-electron chi connectivity index (χ1n) is 5.55. The summed E-state index contributed by atoms with van der Waals surface area (Å²) in [6.07, 6.45) is 1.96. The number of hydrogen-bond donors (Lipinski definition) is 1. The van der Waals surface area contributed by atoms with E-state index in [9.17, 15) is 0 Å². The van der Waals surface area contributed by atoms with Crippen LogP contribution < -0.4 is 5.32 Å². The molecule has 2 aromatic rings. The molecule has 0 aliphatic heterocycles. The molecule has 0 radical (unpaired) electrons. The van der Waals surface area contributed by atoms with E-state index in [0.29, 0.717) is 0 Å². The second-order valence-corrected chi connectivity index (χ2v) is 4.77. The van der Waals surface area contributed by atoms with Gasteiger partial charge in [-0.3, -0.25) is 0 Å². The third-order valence-electron chi connectivity index (χ3n) is 2.59. The smallest absolute Gasteiger partial charge is 0.106 e. The molecule has 0 aromatic carbocycles. The van der Waals surface area contributed by atoms with Crippen LogP contribution in [0.5, 0.6) is 0 Å². The topological polar surface area (TPSA) is 29.9 Å². The summed E-state index contributed by atoms with van der Waals surface area (Å²) in [7, 11) is 0. The number of hydrogen-bond acceptors (Lipinski definition) is 3. The fourth-order valence-electron chi connectivity index (χ4n) is 1.68. The van der Waals surface area contributed by atoms with E-state index in [1.807, 2.05) is 6.20 Å². The summed E-state index contributed by atoms with van der Waals surface area (Å²) in [5.74, 6) is 1.08. The third-order valence-corrected chi connectivity index (χ3v) is 3.45. The molecule has 16 heavy (non-hydrogen) atoms. The lowest BCUT2D eigenvalue weighted by Crippen LogP contribution is -2.16. The van der Waals surface area contributed by atoms with Gasteiger partial charge < -0.3 is 9.88 Å². The van der Waals surface area contributed by atoms with Gasteiger partial charge in [-0.2, -0.15) is 0 Å². The maximum atomic E-state index is 4.38. The lowest BCUT2D eigenvalue weighted by Gasteiger charge is -2.09. The molecule has 2 rings (SSSR count). The zero-order valence-electron chi connectivity index (χ0n) is 9.73. The number of aryl methyl sites for hydroxylation is 1. The van der Waals surface area contributed by atoms with Gasteiger partial charge in [0, 0.05) is 17.6 Å². The van der Waals surface area contributed by atoms with E-state index in [2.05, 4.69) is 46.2 Å². The van der Waals surface area contributed by atoms with Crippen molar-refractivity contribution in [2.24, 2.45) is 0 Å². The molecule has 4 heteroatoms. The van der Waals surface area contributed by atoms with Crippen molar-refractivity contribution in [3.05, 3.63) is 40.1 Å². The monoisotopic (exact) mass is 235 g/mol. The third kappa shape index (κ3) is 2.51. The van der Waals surface area contributed by atoms with Gasteiger partial charge in [0.05, 0.1) is 12.2 Å². The van der Waals surface area contributed by atoms with Crippen molar-refractivity contribution in [2.45, 2.75) is 26.9 Å². The molecule has 0 bridgehead atoms. The Hall–Kier alpha value is -1.13. The minimum atomic E-state index is 0.892. The van der Waals surface area contributed by atoms with E-state index >= 15 is 0 Å². The molecule has 2 heterocycles. The molecule has 2 aromatic heterocycles. The molecule has 0 unspecified atom stereocenters. The van der Waals surface area contributed by atoms with Crippen LogP contribution in [-0.4, -0.2) is 16.1 Å². The molecular formula is C12H17N3S. The lowest BCUT2D eigenvalue weighted by molar-refractivity contribution is 0.650. The van der Waals surface area contributed by atoms with E-state index in [1.165, 1.54) is 10.6 Å². The van der Waals surface area contributed by atoms with Gasteiger partial charge in [0.25, 0.3) is 0 Å². The number of thiophene rings is 1. The normalized spacial score (nSPS) is 10.9. The second-order valence-electron chi connectivity index (χ2n) is 3.74. The highest BCUT2D eigenvalue weighted by molar-refractivity contribution is 7.09. The number of rotatable bonds is 5. The fraction of sp³-hybridized carbons (Fsp3) is 0.417. The van der Waals surface area contributed by atoms with Gasteiger partial charge in [0.1, 0.15) is 5.82 Å². The molecule has 0 saturated heterocycles. The summed E-state index contributed by atoms with van der Waals surface area (Å²) in [5, 5.41) is 5.46. The number of aromatic nitrogens is 2. The molecule has 0 aliphatic rings. The van der Waals surface area contributed by atoms with Crippen molar-refractivity contribution in [2.75, 3.05) is 6.54 Å². The predicted molar refractivity (Wildman–Crippen MR) is 67.8 cm³/mol. The molecule has 0 fully saturated rings. The average Bonchev–Trinajstić information content (AvgIpc) is 2.89. The van der Waals surface area contributed by atoms with Crippen LogP contribution in [0.1, 0.15) is 23.3 Å². The van der Waals surface area contributed by atoms with E-state index in [0.717, 1.165) is 25.5 Å². The number of nitrogens with one attached hydrogen (secondary N) is 1. The van der Waals surface area contributed by atoms with E-state index in [4.69, 9.17) is 0 Å². The van der Waals surface area contributed by atoms with Crippen LogP contribution in [-0.2, 0) is 13.1 Å². The van der Waals surface area contributed by atoms with Gasteiger partial charge in [-0.1, -0.05) is 13.0 Å². The Kier molecular flexibility index (Phi) is 3.74. The van der Waals surface area contributed by atoms with Gasteiger partial charge in [0.2, 0.25) is 0 Å². The molecular weight excluding hydrogens is 218 g/mol. The fourth-order valence-corrected chi connectivity index (χ4v) is 2.38. The summed E-state index contributed by atoms with van der Waals surface area (Å²) in [4.78, 5) is 5.75. The molecule has 0 atom stereocenters. The largest absolute Gasteiger partial charge is 0.326 e. The van der Waals surface area contributed by atoms with Crippen molar-refractivity contribution in [3.63, 3.8) is 0 Å². The summed E-state index contributed by atoms with van der Waals surface area (Å²) in [6.45, 7) is 6.99. The molecule has 0 spiro atoms. The first-order valence-corrected chi connectivity index (χ1v) is 6.43. The van der Waals surface area contributed by atoms with E-state index in [-0.39, 0.29) is 0 Å². The van der Waals surface area contributed by atoms with E-state index < -0.39 is 0 Å². The Morgan fingerprint density at radius 3 is 3.06 bits per heavy atom. The quantitative estimate of drug-likeness (QED) is 0.862. The van der Waals surface area contributed by atoms with Gasteiger partial charge in [-0.15, -0.1) is 11.3 Å². The van der Waals surface area contributed by atoms with Crippen molar-refractivity contribution in [3.8, 4) is 0 Å². The van der Waals surface area contributed by atoms with Crippen molar-refractivity contribution in [1.82, 2.24) is 14.9 Å². The first kappa shape index (κ1) is 11.4. The highest BCUT2D eigenvalue weighted by Gasteiger charge is 2.06. The summed E-state index contributed by atoms with van der Waals surface area (Å²) in [6, 6.07) is 4.26. The zero-order valence-corrected chi connectivity index (χ0v) is 10.5. The molecule has 86 valence electrons. The summed E-state index contributed by atoms with van der Waals surface area (Å²) >= 11 is 1.79. The van der Waals surface area contributed by atoms with Crippen LogP contribution in [0.4, 0.5) is 0 Å². The van der Waals surface area contributed by atoms with Crippen molar-refractivity contribution >= 4 is 11.3 Å². The van der Waals surface area contributed by atoms with Gasteiger partial charge in [-0.25, -0.2) is 4.98 Å². The number of imidazole rings is 1. The SMILES string of the molecule is CCNCc1cnc(C)n1Cc1cccs1. The van der Waals surface area contributed by atoms with Crippen LogP contribution in [0.3, 0.4) is 0 Å².